The van der Waals surface area contributed by atoms with E-state index in [-0.39, 0.29) is 5.57 Å². The summed E-state index contributed by atoms with van der Waals surface area (Å²) in [5.41, 5.74) is 3.24. The van der Waals surface area contributed by atoms with E-state index in [9.17, 15) is 10.1 Å². The van der Waals surface area contributed by atoms with Crippen molar-refractivity contribution in [1.29, 1.82) is 5.26 Å². The number of benzene rings is 2. The molecule has 0 fully saturated rings. The molecule has 1 N–H and O–H groups in total. The monoisotopic (exact) mass is 486 g/mol. The van der Waals surface area contributed by atoms with Gasteiger partial charge in [0.15, 0.2) is 11.5 Å². The summed E-state index contributed by atoms with van der Waals surface area (Å²) in [6.45, 7) is 5.28. The van der Waals surface area contributed by atoms with E-state index < -0.39 is 5.91 Å². The number of hydrogen-bond donors (Lipinski definition) is 1. The molecule has 0 aliphatic carbocycles. The number of aromatic nitrogens is 2. The molecule has 8 heteroatoms. The second kappa shape index (κ2) is 12.6. The Morgan fingerprint density at radius 2 is 2.00 bits per heavy atom. The van der Waals surface area contributed by atoms with Gasteiger partial charge in [-0.05, 0) is 43.2 Å². The van der Waals surface area contributed by atoms with Gasteiger partial charge in [-0.2, -0.15) is 10.4 Å². The average Bonchev–Trinajstić information content (AvgIpc) is 3.13. The summed E-state index contributed by atoms with van der Waals surface area (Å²) < 4.78 is 18.7. The molecule has 0 radical (unpaired) electrons. The number of nitrogens with zero attached hydrogens (tertiary/aromatic N) is 3. The fourth-order valence-corrected chi connectivity index (χ4v) is 3.85. The van der Waals surface area contributed by atoms with Gasteiger partial charge in [0.1, 0.15) is 11.6 Å². The molecule has 186 valence electrons. The maximum Gasteiger partial charge on any atom is 0.261 e. The van der Waals surface area contributed by atoms with Crippen LogP contribution in [0.4, 0.5) is 0 Å². The molecule has 1 aliphatic rings. The quantitative estimate of drug-likeness (QED) is 0.262. The highest BCUT2D eigenvalue weighted by atomic mass is 16.5. The van der Waals surface area contributed by atoms with Crippen LogP contribution in [0.1, 0.15) is 30.9 Å². The molecular formula is C28H30N4O4. The zero-order chi connectivity index (χ0) is 25.2. The lowest BCUT2D eigenvalue weighted by Crippen LogP contribution is -2.26. The highest BCUT2D eigenvalue weighted by Crippen LogP contribution is 2.35. The summed E-state index contributed by atoms with van der Waals surface area (Å²) in [4.78, 5) is 12.7. The van der Waals surface area contributed by atoms with Crippen molar-refractivity contribution >= 4 is 12.0 Å². The molecule has 0 saturated heterocycles. The number of rotatable bonds is 10. The maximum atomic E-state index is 12.7. The van der Waals surface area contributed by atoms with Crippen molar-refractivity contribution in [2.24, 2.45) is 0 Å². The van der Waals surface area contributed by atoms with Gasteiger partial charge in [0, 0.05) is 43.5 Å². The topological polar surface area (TPSA) is 98.4 Å². The van der Waals surface area contributed by atoms with E-state index in [1.165, 1.54) is 0 Å². The largest absolute Gasteiger partial charge is 0.490 e. The number of amides is 1. The lowest BCUT2D eigenvalue weighted by atomic mass is 10.1. The Balaban J connectivity index is 1.64. The number of fused-ring (bicyclic) bond motifs is 1. The van der Waals surface area contributed by atoms with E-state index in [2.05, 4.69) is 5.32 Å². The minimum atomic E-state index is -0.422. The average molecular weight is 487 g/mol. The first-order valence-electron chi connectivity index (χ1n) is 12.2. The Morgan fingerprint density at radius 1 is 1.19 bits per heavy atom. The summed E-state index contributed by atoms with van der Waals surface area (Å²) in [6, 6.07) is 17.7. The summed E-state index contributed by atoms with van der Waals surface area (Å²) in [7, 11) is 0. The molecule has 4 rings (SSSR count). The Labute approximate surface area is 211 Å². The summed E-state index contributed by atoms with van der Waals surface area (Å²) in [6.07, 6.45) is 4.93. The van der Waals surface area contributed by atoms with Gasteiger partial charge >= 0.3 is 0 Å². The van der Waals surface area contributed by atoms with Crippen LogP contribution in [0.2, 0.25) is 0 Å². The van der Waals surface area contributed by atoms with Crippen LogP contribution in [0.5, 0.6) is 11.5 Å². The first-order valence-corrected chi connectivity index (χ1v) is 12.2. The SMILES string of the molecule is CCOCCCNC(=O)/C(C#N)=C/c1cn(Cc2ccccc2)nc1-c1ccc2c(c1)OCCCO2. The van der Waals surface area contributed by atoms with Crippen molar-refractivity contribution in [3.63, 3.8) is 0 Å². The van der Waals surface area contributed by atoms with Crippen molar-refractivity contribution in [2.45, 2.75) is 26.3 Å². The standard InChI is InChI=1S/C28H30N4O4/c1-2-34-13-6-12-30-28(33)23(18-29)16-24-20-32(19-21-8-4-3-5-9-21)31-27(24)22-10-11-25-26(17-22)36-15-7-14-35-25/h3-5,8-11,16-17,20H,2,6-7,12-15,19H2,1H3,(H,30,33)/b23-16+. The highest BCUT2D eigenvalue weighted by Gasteiger charge is 2.17. The van der Waals surface area contributed by atoms with Crippen molar-refractivity contribution < 1.29 is 19.0 Å². The van der Waals surface area contributed by atoms with E-state index in [4.69, 9.17) is 19.3 Å². The third kappa shape index (κ3) is 6.52. The molecule has 0 spiro atoms. The van der Waals surface area contributed by atoms with Crippen LogP contribution in [0.3, 0.4) is 0 Å². The number of carbonyl (C=O) groups excluding carboxylic acids is 1. The van der Waals surface area contributed by atoms with Crippen molar-refractivity contribution in [3.05, 3.63) is 71.4 Å². The van der Waals surface area contributed by atoms with Gasteiger partial charge in [-0.3, -0.25) is 9.48 Å². The van der Waals surface area contributed by atoms with Gasteiger partial charge in [-0.1, -0.05) is 30.3 Å². The first-order chi connectivity index (χ1) is 17.7. The van der Waals surface area contributed by atoms with E-state index in [1.54, 1.807) is 6.08 Å². The summed E-state index contributed by atoms with van der Waals surface area (Å²) in [5, 5.41) is 17.3. The van der Waals surface area contributed by atoms with E-state index >= 15 is 0 Å². The fourth-order valence-electron chi connectivity index (χ4n) is 3.85. The minimum Gasteiger partial charge on any atom is -0.490 e. The molecule has 3 aromatic rings. The number of hydrogen-bond acceptors (Lipinski definition) is 6. The van der Waals surface area contributed by atoms with Gasteiger partial charge in [-0.15, -0.1) is 0 Å². The van der Waals surface area contributed by atoms with Crippen LogP contribution in [0.15, 0.2) is 60.3 Å². The van der Waals surface area contributed by atoms with Gasteiger partial charge in [0.25, 0.3) is 5.91 Å². The molecule has 0 unspecified atom stereocenters. The molecule has 2 heterocycles. The van der Waals surface area contributed by atoms with Gasteiger partial charge < -0.3 is 19.5 Å². The van der Waals surface area contributed by atoms with Gasteiger partial charge in [-0.25, -0.2) is 0 Å². The first kappa shape index (κ1) is 25.0. The van der Waals surface area contributed by atoms with Crippen LogP contribution in [0, 0.1) is 11.3 Å². The highest BCUT2D eigenvalue weighted by molar-refractivity contribution is 6.02. The third-order valence-corrected chi connectivity index (χ3v) is 5.62. The van der Waals surface area contributed by atoms with E-state index in [1.807, 2.05) is 72.4 Å². The molecule has 36 heavy (non-hydrogen) atoms. The van der Waals surface area contributed by atoms with Crippen LogP contribution < -0.4 is 14.8 Å². The molecule has 0 bridgehead atoms. The van der Waals surface area contributed by atoms with Crippen molar-refractivity contribution in [3.8, 4) is 28.8 Å². The smallest absolute Gasteiger partial charge is 0.261 e. The second-order valence-corrected chi connectivity index (χ2v) is 8.30. The molecule has 2 aromatic carbocycles. The van der Waals surface area contributed by atoms with Gasteiger partial charge in [0.05, 0.1) is 25.5 Å². The lowest BCUT2D eigenvalue weighted by molar-refractivity contribution is -0.117. The minimum absolute atomic E-state index is 0.0151. The molecule has 1 amide bonds. The second-order valence-electron chi connectivity index (χ2n) is 8.30. The van der Waals surface area contributed by atoms with Crippen LogP contribution in [-0.4, -0.2) is 48.7 Å². The Hall–Kier alpha value is -4.09. The molecule has 0 atom stereocenters. The predicted octanol–water partition coefficient (Wildman–Crippen LogP) is 4.21. The van der Waals surface area contributed by atoms with E-state index in [0.29, 0.717) is 68.7 Å². The number of nitrogens with one attached hydrogen (secondary N) is 1. The molecule has 1 aromatic heterocycles. The molecular weight excluding hydrogens is 456 g/mol. The van der Waals surface area contributed by atoms with Crippen molar-refractivity contribution in [1.82, 2.24) is 15.1 Å². The number of nitriles is 1. The number of ether oxygens (including phenoxy) is 3. The zero-order valence-electron chi connectivity index (χ0n) is 20.4. The maximum absolute atomic E-state index is 12.7. The molecule has 0 saturated carbocycles. The Morgan fingerprint density at radius 3 is 2.78 bits per heavy atom. The Kier molecular flexibility index (Phi) is 8.73. The van der Waals surface area contributed by atoms with Crippen molar-refractivity contribution in [2.75, 3.05) is 33.0 Å². The molecule has 1 aliphatic heterocycles. The third-order valence-electron chi connectivity index (χ3n) is 5.62. The lowest BCUT2D eigenvalue weighted by Gasteiger charge is -2.09. The summed E-state index contributed by atoms with van der Waals surface area (Å²) >= 11 is 0. The zero-order valence-corrected chi connectivity index (χ0v) is 20.4. The fraction of sp³-hybridized carbons (Fsp3) is 0.321. The van der Waals surface area contributed by atoms with Crippen LogP contribution in [-0.2, 0) is 16.1 Å². The summed E-state index contributed by atoms with van der Waals surface area (Å²) in [5.74, 6) is 0.931. The van der Waals surface area contributed by atoms with Crippen LogP contribution in [0.25, 0.3) is 17.3 Å². The Bertz CT molecular complexity index is 1240. The van der Waals surface area contributed by atoms with Crippen LogP contribution >= 0.6 is 0 Å². The normalized spacial score (nSPS) is 13.1. The molecule has 8 nitrogen and oxygen atoms in total. The van der Waals surface area contributed by atoms with E-state index in [0.717, 1.165) is 17.5 Å². The number of carbonyl (C=O) groups is 1. The van der Waals surface area contributed by atoms with Gasteiger partial charge in [0.2, 0.25) is 0 Å². The predicted molar refractivity (Wildman–Crippen MR) is 137 cm³/mol.